The molecule has 0 radical (unpaired) electrons. The zero-order valence-electron chi connectivity index (χ0n) is 13.6. The first-order valence-electron chi connectivity index (χ1n) is 7.23. The Morgan fingerprint density at radius 3 is 2.00 bits per heavy atom. The number of hydrogen-bond acceptors (Lipinski definition) is 6. The molecule has 0 aromatic heterocycles. The highest BCUT2D eigenvalue weighted by Gasteiger charge is 2.15. The van der Waals surface area contributed by atoms with Crippen molar-refractivity contribution >= 4 is 29.2 Å². The molecule has 0 aliphatic carbocycles. The number of anilines is 2. The van der Waals surface area contributed by atoms with Gasteiger partial charge in [0.25, 0.3) is 0 Å². The Balaban J connectivity index is 2.95. The van der Waals surface area contributed by atoms with Crippen LogP contribution in [0.15, 0.2) is 24.3 Å². The van der Waals surface area contributed by atoms with Crippen molar-refractivity contribution in [3.63, 3.8) is 0 Å². The fourth-order valence-electron chi connectivity index (χ4n) is 2.05. The van der Waals surface area contributed by atoms with Gasteiger partial charge in [0.1, 0.15) is 0 Å². The van der Waals surface area contributed by atoms with E-state index in [1.54, 1.807) is 12.1 Å². The molecule has 0 fully saturated rings. The Bertz CT molecular complexity index is 539. The van der Waals surface area contributed by atoms with Crippen LogP contribution in [0.4, 0.5) is 11.4 Å². The average molecular weight is 322 g/mol. The molecule has 0 atom stereocenters. The van der Waals surface area contributed by atoms with Gasteiger partial charge in [-0.1, -0.05) is 12.1 Å². The third-order valence-electron chi connectivity index (χ3n) is 3.18. The van der Waals surface area contributed by atoms with E-state index in [2.05, 4.69) is 14.8 Å². The van der Waals surface area contributed by atoms with Crippen LogP contribution >= 0.6 is 0 Å². The molecule has 0 saturated heterocycles. The standard InChI is InChI=1S/C16H22N2O5/c1-12(19)17-13-6-4-5-7-14(13)18(10-8-15(20)22-2)11-9-16(21)23-3/h4-7H,8-11H2,1-3H3,(H,17,19). The van der Waals surface area contributed by atoms with Crippen LogP contribution in [0.1, 0.15) is 19.8 Å². The number of carbonyl (C=O) groups is 3. The lowest BCUT2D eigenvalue weighted by atomic mass is 10.2. The van der Waals surface area contributed by atoms with Gasteiger partial charge in [-0.15, -0.1) is 0 Å². The van der Waals surface area contributed by atoms with Gasteiger partial charge < -0.3 is 19.7 Å². The fourth-order valence-corrected chi connectivity index (χ4v) is 2.05. The van der Waals surface area contributed by atoms with Crippen molar-refractivity contribution in [3.8, 4) is 0 Å². The minimum Gasteiger partial charge on any atom is -0.469 e. The van der Waals surface area contributed by atoms with Crippen molar-refractivity contribution in [1.82, 2.24) is 0 Å². The van der Waals surface area contributed by atoms with E-state index in [9.17, 15) is 14.4 Å². The van der Waals surface area contributed by atoms with Crippen molar-refractivity contribution < 1.29 is 23.9 Å². The molecule has 0 unspecified atom stereocenters. The Labute approximate surface area is 135 Å². The number of nitrogens with zero attached hydrogens (tertiary/aromatic N) is 1. The lowest BCUT2D eigenvalue weighted by Gasteiger charge is -2.26. The Hall–Kier alpha value is -2.57. The van der Waals surface area contributed by atoms with Gasteiger partial charge in [0.15, 0.2) is 0 Å². The maximum Gasteiger partial charge on any atom is 0.307 e. The van der Waals surface area contributed by atoms with Crippen LogP contribution < -0.4 is 10.2 Å². The van der Waals surface area contributed by atoms with Crippen molar-refractivity contribution in [2.45, 2.75) is 19.8 Å². The number of methoxy groups -OCH3 is 2. The lowest BCUT2D eigenvalue weighted by molar-refractivity contribution is -0.140. The van der Waals surface area contributed by atoms with E-state index in [1.807, 2.05) is 17.0 Å². The van der Waals surface area contributed by atoms with Gasteiger partial charge >= 0.3 is 11.9 Å². The Morgan fingerprint density at radius 2 is 1.52 bits per heavy atom. The van der Waals surface area contributed by atoms with Crippen LogP contribution in [0.5, 0.6) is 0 Å². The number of esters is 2. The predicted octanol–water partition coefficient (Wildman–Crippen LogP) is 1.58. The minimum absolute atomic E-state index is 0.173. The van der Waals surface area contributed by atoms with Crippen LogP contribution in [-0.4, -0.2) is 45.2 Å². The SMILES string of the molecule is COC(=O)CCN(CCC(=O)OC)c1ccccc1NC(C)=O. The quantitative estimate of drug-likeness (QED) is 0.731. The van der Waals surface area contributed by atoms with E-state index >= 15 is 0 Å². The normalized spacial score (nSPS) is 9.87. The molecule has 1 rings (SSSR count). The molecule has 0 spiro atoms. The number of carbonyl (C=O) groups excluding carboxylic acids is 3. The molecule has 1 aromatic rings. The Morgan fingerprint density at radius 1 is 1.00 bits per heavy atom. The van der Waals surface area contributed by atoms with Gasteiger partial charge in [0.05, 0.1) is 38.4 Å². The van der Waals surface area contributed by atoms with Crippen LogP contribution in [-0.2, 0) is 23.9 Å². The zero-order chi connectivity index (χ0) is 17.2. The molecular weight excluding hydrogens is 300 g/mol. The number of ether oxygens (including phenoxy) is 2. The lowest BCUT2D eigenvalue weighted by Crippen LogP contribution is -2.30. The molecule has 7 heteroatoms. The summed E-state index contributed by atoms with van der Waals surface area (Å²) in [7, 11) is 2.65. The van der Waals surface area contributed by atoms with E-state index in [-0.39, 0.29) is 30.7 Å². The molecule has 1 aromatic carbocycles. The summed E-state index contributed by atoms with van der Waals surface area (Å²) in [5.74, 6) is -0.881. The van der Waals surface area contributed by atoms with Crippen molar-refractivity contribution in [2.75, 3.05) is 37.5 Å². The van der Waals surface area contributed by atoms with Gasteiger partial charge in [-0.05, 0) is 12.1 Å². The fraction of sp³-hybridized carbons (Fsp3) is 0.438. The van der Waals surface area contributed by atoms with Crippen LogP contribution in [0.3, 0.4) is 0 Å². The molecule has 7 nitrogen and oxygen atoms in total. The molecule has 0 heterocycles. The number of hydrogen-bond donors (Lipinski definition) is 1. The summed E-state index contributed by atoms with van der Waals surface area (Å²) in [4.78, 5) is 36.0. The highest BCUT2D eigenvalue weighted by Crippen LogP contribution is 2.26. The number of benzene rings is 1. The van der Waals surface area contributed by atoms with Crippen LogP contribution in [0.25, 0.3) is 0 Å². The van der Waals surface area contributed by atoms with E-state index in [4.69, 9.17) is 0 Å². The second kappa shape index (κ2) is 9.45. The number of nitrogens with one attached hydrogen (secondary N) is 1. The average Bonchev–Trinajstić information content (AvgIpc) is 2.54. The van der Waals surface area contributed by atoms with E-state index in [0.717, 1.165) is 5.69 Å². The number of amides is 1. The summed E-state index contributed by atoms with van der Waals surface area (Å²) in [6.07, 6.45) is 0.345. The van der Waals surface area contributed by atoms with Crippen molar-refractivity contribution in [3.05, 3.63) is 24.3 Å². The van der Waals surface area contributed by atoms with Gasteiger partial charge in [-0.3, -0.25) is 14.4 Å². The Kier molecular flexibility index (Phi) is 7.59. The highest BCUT2D eigenvalue weighted by atomic mass is 16.5. The van der Waals surface area contributed by atoms with Gasteiger partial charge in [0.2, 0.25) is 5.91 Å². The third kappa shape index (κ3) is 6.37. The summed E-state index contributed by atoms with van der Waals surface area (Å²) < 4.78 is 9.30. The number of rotatable bonds is 8. The predicted molar refractivity (Wildman–Crippen MR) is 86.2 cm³/mol. The molecule has 126 valence electrons. The summed E-state index contributed by atoms with van der Waals surface area (Å²) in [5.41, 5.74) is 1.35. The van der Waals surface area contributed by atoms with Crippen LogP contribution in [0, 0.1) is 0 Å². The van der Waals surface area contributed by atoms with Crippen molar-refractivity contribution in [1.29, 1.82) is 0 Å². The second-order valence-electron chi connectivity index (χ2n) is 4.84. The topological polar surface area (TPSA) is 84.9 Å². The first kappa shape index (κ1) is 18.5. The minimum atomic E-state index is -0.343. The molecule has 1 amide bonds. The summed E-state index contributed by atoms with van der Waals surface area (Å²) in [5, 5.41) is 2.74. The van der Waals surface area contributed by atoms with Gasteiger partial charge in [0, 0.05) is 20.0 Å². The van der Waals surface area contributed by atoms with Gasteiger partial charge in [-0.25, -0.2) is 0 Å². The molecule has 1 N–H and O–H groups in total. The molecule has 0 bridgehead atoms. The first-order chi connectivity index (χ1) is 11.0. The first-order valence-corrected chi connectivity index (χ1v) is 7.23. The largest absolute Gasteiger partial charge is 0.469 e. The van der Waals surface area contributed by atoms with Crippen LogP contribution in [0.2, 0.25) is 0 Å². The highest BCUT2D eigenvalue weighted by molar-refractivity contribution is 5.92. The number of para-hydroxylation sites is 2. The molecule has 0 aliphatic heterocycles. The summed E-state index contributed by atoms with van der Waals surface area (Å²) >= 11 is 0. The van der Waals surface area contributed by atoms with Gasteiger partial charge in [-0.2, -0.15) is 0 Å². The second-order valence-corrected chi connectivity index (χ2v) is 4.84. The maximum atomic E-state index is 11.4. The third-order valence-corrected chi connectivity index (χ3v) is 3.18. The maximum absolute atomic E-state index is 11.4. The van der Waals surface area contributed by atoms with E-state index < -0.39 is 0 Å². The molecular formula is C16H22N2O5. The molecule has 0 saturated carbocycles. The molecule has 23 heavy (non-hydrogen) atoms. The monoisotopic (exact) mass is 322 g/mol. The summed E-state index contributed by atoms with van der Waals surface area (Å²) in [6, 6.07) is 7.21. The summed E-state index contributed by atoms with van der Waals surface area (Å²) in [6.45, 7) is 2.14. The van der Waals surface area contributed by atoms with E-state index in [1.165, 1.54) is 21.1 Å². The molecule has 0 aliphatic rings. The van der Waals surface area contributed by atoms with Crippen molar-refractivity contribution in [2.24, 2.45) is 0 Å². The smallest absolute Gasteiger partial charge is 0.307 e. The van der Waals surface area contributed by atoms with E-state index in [0.29, 0.717) is 18.8 Å². The zero-order valence-corrected chi connectivity index (χ0v) is 13.6.